The van der Waals surface area contributed by atoms with Crippen LogP contribution in [0.15, 0.2) is 12.1 Å². The Hall–Kier alpha value is -1.59. The summed E-state index contributed by atoms with van der Waals surface area (Å²) in [6.07, 6.45) is 2.10. The molecule has 0 spiro atoms. The highest BCUT2D eigenvalue weighted by molar-refractivity contribution is 6.36. The smallest absolute Gasteiger partial charge is 0.328 e. The van der Waals surface area contributed by atoms with E-state index in [1.165, 1.54) is 26.0 Å². The van der Waals surface area contributed by atoms with Gasteiger partial charge >= 0.3 is 11.9 Å². The fraction of sp³-hybridized carbons (Fsp3) is 0.500. The number of hydrogen-bond donors (Lipinski definition) is 0. The van der Waals surface area contributed by atoms with E-state index in [2.05, 4.69) is 13.8 Å². The lowest BCUT2D eigenvalue weighted by molar-refractivity contribution is -0.164. The van der Waals surface area contributed by atoms with Gasteiger partial charge in [-0.3, -0.25) is 14.4 Å². The van der Waals surface area contributed by atoms with E-state index in [9.17, 15) is 14.4 Å². The zero-order chi connectivity index (χ0) is 19.2. The van der Waals surface area contributed by atoms with Gasteiger partial charge in [0.25, 0.3) is 0 Å². The third kappa shape index (κ3) is 6.01. The lowest BCUT2D eigenvalue weighted by Gasteiger charge is -2.21. The Labute approximate surface area is 157 Å². The van der Waals surface area contributed by atoms with Crippen LogP contribution in [0.4, 0.5) is 0 Å². The molecule has 0 aliphatic carbocycles. The Morgan fingerprint density at radius 1 is 1.20 bits per heavy atom. The van der Waals surface area contributed by atoms with Crippen molar-refractivity contribution in [2.24, 2.45) is 11.3 Å². The Kier molecular flexibility index (Phi) is 7.90. The van der Waals surface area contributed by atoms with Gasteiger partial charge in [-0.2, -0.15) is 0 Å². The molecule has 0 unspecified atom stereocenters. The molecule has 0 fully saturated rings. The number of halogens is 2. The van der Waals surface area contributed by atoms with Crippen LogP contribution in [-0.2, 0) is 14.3 Å². The van der Waals surface area contributed by atoms with Crippen molar-refractivity contribution in [1.29, 1.82) is 0 Å². The van der Waals surface area contributed by atoms with Gasteiger partial charge in [0.15, 0.2) is 17.5 Å². The topological polar surface area (TPSA) is 69.7 Å². The molecule has 25 heavy (non-hydrogen) atoms. The number of rotatable bonds is 8. The van der Waals surface area contributed by atoms with Crippen molar-refractivity contribution in [3.05, 3.63) is 27.7 Å². The summed E-state index contributed by atoms with van der Waals surface area (Å²) in [4.78, 5) is 35.7. The lowest BCUT2D eigenvalue weighted by atomic mass is 9.94. The van der Waals surface area contributed by atoms with Crippen LogP contribution in [0.25, 0.3) is 0 Å². The molecule has 138 valence electrons. The van der Waals surface area contributed by atoms with Crippen molar-refractivity contribution in [2.45, 2.75) is 40.5 Å². The van der Waals surface area contributed by atoms with Crippen LogP contribution in [0.3, 0.4) is 0 Å². The summed E-state index contributed by atoms with van der Waals surface area (Å²) in [6, 6.07) is 2.66. The van der Waals surface area contributed by atoms with E-state index in [-0.39, 0.29) is 28.0 Å². The first-order chi connectivity index (χ1) is 11.6. The van der Waals surface area contributed by atoms with Crippen LogP contribution in [0.2, 0.25) is 10.0 Å². The highest BCUT2D eigenvalue weighted by Gasteiger charge is 2.40. The molecular weight excluding hydrogens is 367 g/mol. The number of carbonyl (C=O) groups excluding carboxylic acids is 3. The van der Waals surface area contributed by atoms with Crippen LogP contribution in [0.5, 0.6) is 5.75 Å². The molecule has 0 saturated carbocycles. The highest BCUT2D eigenvalue weighted by atomic mass is 35.5. The summed E-state index contributed by atoms with van der Waals surface area (Å²) in [5, 5.41) is 0.236. The molecule has 7 heteroatoms. The summed E-state index contributed by atoms with van der Waals surface area (Å²) in [6.45, 7) is 7.16. The van der Waals surface area contributed by atoms with E-state index < -0.39 is 17.4 Å². The molecule has 5 nitrogen and oxygen atoms in total. The van der Waals surface area contributed by atoms with E-state index in [0.717, 1.165) is 6.42 Å². The maximum absolute atomic E-state index is 12.4. The third-order valence-corrected chi connectivity index (χ3v) is 4.04. The quantitative estimate of drug-likeness (QED) is 0.212. The third-order valence-electron chi connectivity index (χ3n) is 3.54. The Morgan fingerprint density at radius 2 is 1.84 bits per heavy atom. The van der Waals surface area contributed by atoms with Crippen molar-refractivity contribution >= 4 is 41.4 Å². The van der Waals surface area contributed by atoms with Crippen molar-refractivity contribution in [3.63, 3.8) is 0 Å². The van der Waals surface area contributed by atoms with Crippen molar-refractivity contribution in [2.75, 3.05) is 6.61 Å². The SMILES string of the molecule is CC(C)CCCOC(=O)C(C)(C)C(=O)Oc1c(Cl)cc(Cl)cc1C=O. The Bertz CT molecular complexity index is 653. The minimum absolute atomic E-state index is 0.00375. The summed E-state index contributed by atoms with van der Waals surface area (Å²) in [7, 11) is 0. The molecule has 0 N–H and O–H groups in total. The molecule has 0 saturated heterocycles. The largest absolute Gasteiger partial charge is 0.465 e. The first kappa shape index (κ1) is 21.5. The first-order valence-corrected chi connectivity index (χ1v) is 8.69. The molecule has 1 aromatic rings. The molecule has 0 aromatic heterocycles. The van der Waals surface area contributed by atoms with Gasteiger partial charge in [0.05, 0.1) is 17.2 Å². The molecule has 0 atom stereocenters. The van der Waals surface area contributed by atoms with Crippen LogP contribution in [0.1, 0.15) is 50.9 Å². The molecule has 0 aliphatic rings. The van der Waals surface area contributed by atoms with E-state index in [1.54, 1.807) is 0 Å². The molecule has 1 rings (SSSR count). The fourth-order valence-corrected chi connectivity index (χ4v) is 2.46. The average Bonchev–Trinajstić information content (AvgIpc) is 2.52. The van der Waals surface area contributed by atoms with Crippen molar-refractivity contribution < 1.29 is 23.9 Å². The zero-order valence-corrected chi connectivity index (χ0v) is 16.2. The van der Waals surface area contributed by atoms with Gasteiger partial charge in [-0.25, -0.2) is 0 Å². The van der Waals surface area contributed by atoms with Crippen molar-refractivity contribution in [3.8, 4) is 5.75 Å². The summed E-state index contributed by atoms with van der Waals surface area (Å²) < 4.78 is 10.3. The van der Waals surface area contributed by atoms with Gasteiger partial charge in [-0.05, 0) is 44.7 Å². The normalized spacial score (nSPS) is 11.3. The van der Waals surface area contributed by atoms with Gasteiger partial charge in [0.1, 0.15) is 0 Å². The number of hydrogen-bond acceptors (Lipinski definition) is 5. The summed E-state index contributed by atoms with van der Waals surface area (Å²) >= 11 is 11.8. The fourth-order valence-electron chi connectivity index (χ4n) is 1.92. The first-order valence-electron chi connectivity index (χ1n) is 7.93. The minimum Gasteiger partial charge on any atom is -0.465 e. The monoisotopic (exact) mass is 388 g/mol. The Morgan fingerprint density at radius 3 is 2.40 bits per heavy atom. The van der Waals surface area contributed by atoms with Gasteiger partial charge in [-0.15, -0.1) is 0 Å². The maximum Gasteiger partial charge on any atom is 0.328 e. The summed E-state index contributed by atoms with van der Waals surface area (Å²) in [5.74, 6) is -1.19. The molecule has 0 radical (unpaired) electrons. The standard InChI is InChI=1S/C18H22Cl2O5/c1-11(2)6-5-7-24-16(22)18(3,4)17(23)25-15-12(10-21)8-13(19)9-14(15)20/h8-11H,5-7H2,1-4H3. The van der Waals surface area contributed by atoms with Crippen molar-refractivity contribution in [1.82, 2.24) is 0 Å². The van der Waals surface area contributed by atoms with Crippen LogP contribution < -0.4 is 4.74 Å². The van der Waals surface area contributed by atoms with Crippen LogP contribution in [-0.4, -0.2) is 24.8 Å². The van der Waals surface area contributed by atoms with Crippen LogP contribution >= 0.6 is 23.2 Å². The second kappa shape index (κ2) is 9.20. The molecule has 0 aliphatic heterocycles. The van der Waals surface area contributed by atoms with Gasteiger partial charge in [-0.1, -0.05) is 37.0 Å². The predicted octanol–water partition coefficient (Wildman–Crippen LogP) is 4.72. The molecule has 0 bridgehead atoms. The number of benzene rings is 1. The Balaban J connectivity index is 2.81. The summed E-state index contributed by atoms with van der Waals surface area (Å²) in [5.41, 5.74) is -1.52. The number of ether oxygens (including phenoxy) is 2. The van der Waals surface area contributed by atoms with Gasteiger partial charge in [0, 0.05) is 5.02 Å². The number of carbonyl (C=O) groups is 3. The van der Waals surface area contributed by atoms with Crippen LogP contribution in [0, 0.1) is 11.3 Å². The predicted molar refractivity (Wildman–Crippen MR) is 96.3 cm³/mol. The lowest BCUT2D eigenvalue weighted by Crippen LogP contribution is -2.38. The minimum atomic E-state index is -1.54. The second-order valence-electron chi connectivity index (χ2n) is 6.61. The van der Waals surface area contributed by atoms with E-state index in [1.807, 2.05) is 0 Å². The second-order valence-corrected chi connectivity index (χ2v) is 7.45. The maximum atomic E-state index is 12.4. The zero-order valence-electron chi connectivity index (χ0n) is 14.7. The van der Waals surface area contributed by atoms with E-state index in [4.69, 9.17) is 32.7 Å². The van der Waals surface area contributed by atoms with Gasteiger partial charge in [0.2, 0.25) is 0 Å². The van der Waals surface area contributed by atoms with E-state index in [0.29, 0.717) is 18.6 Å². The molecule has 1 aromatic carbocycles. The molecule has 0 heterocycles. The molecule has 0 amide bonds. The molecular formula is C18H22Cl2O5. The number of aldehydes is 1. The highest BCUT2D eigenvalue weighted by Crippen LogP contribution is 2.33. The number of esters is 2. The van der Waals surface area contributed by atoms with Gasteiger partial charge < -0.3 is 9.47 Å². The van der Waals surface area contributed by atoms with E-state index >= 15 is 0 Å². The average molecular weight is 389 g/mol.